The number of ether oxygens (including phenoxy) is 3. The lowest BCUT2D eigenvalue weighted by molar-refractivity contribution is -0.211. The monoisotopic (exact) mass is 555 g/mol. The summed E-state index contributed by atoms with van der Waals surface area (Å²) in [5.74, 6) is 0. The van der Waals surface area contributed by atoms with Gasteiger partial charge in [-0.2, -0.15) is 0 Å². The Morgan fingerprint density at radius 2 is 0.951 bits per heavy atom. The minimum atomic E-state index is -0.734. The molecular weight excluding hydrogens is 518 g/mol. The Hall–Kier alpha value is -3.85. The van der Waals surface area contributed by atoms with Crippen molar-refractivity contribution in [2.45, 2.75) is 44.7 Å². The van der Waals surface area contributed by atoms with Crippen molar-refractivity contribution in [3.8, 4) is 0 Å². The average Bonchev–Trinajstić information content (AvgIpc) is 3.04. The third-order valence-electron chi connectivity index (χ3n) is 6.53. The first-order valence-electron chi connectivity index (χ1n) is 13.7. The number of aliphatic hydroxyl groups is 1. The highest BCUT2D eigenvalue weighted by molar-refractivity contribution is 5.45. The molecule has 0 aliphatic carbocycles. The third-order valence-corrected chi connectivity index (χ3v) is 6.53. The molecule has 3 atom stereocenters. The number of rotatable bonds is 18. The number of carbonyl (C=O) groups is 1. The van der Waals surface area contributed by atoms with Gasteiger partial charge < -0.3 is 19.3 Å². The molecule has 0 saturated heterocycles. The van der Waals surface area contributed by atoms with Crippen LogP contribution in [0.25, 0.3) is 0 Å². The fraction of sp³-hybridized carbons (Fsp3) is 0.265. The lowest BCUT2D eigenvalue weighted by atomic mass is 10.1. The fourth-order valence-corrected chi connectivity index (χ4v) is 4.31. The van der Waals surface area contributed by atoms with Gasteiger partial charge in [-0.3, -0.25) is 9.63 Å². The molecule has 0 unspecified atom stereocenters. The first-order valence-corrected chi connectivity index (χ1v) is 13.7. The summed E-state index contributed by atoms with van der Waals surface area (Å²) in [7, 11) is 0. The molecule has 0 spiro atoms. The highest BCUT2D eigenvalue weighted by Gasteiger charge is 2.34. The van der Waals surface area contributed by atoms with Gasteiger partial charge in [0.1, 0.15) is 24.9 Å². The Morgan fingerprint density at radius 1 is 0.561 bits per heavy atom. The number of benzene rings is 4. The van der Waals surface area contributed by atoms with Crippen LogP contribution >= 0.6 is 0 Å². The van der Waals surface area contributed by atoms with Crippen molar-refractivity contribution in [3.05, 3.63) is 144 Å². The number of hydrogen-bond acceptors (Lipinski definition) is 6. The number of nitrogens with zero attached hydrogens (tertiary/aromatic N) is 1. The van der Waals surface area contributed by atoms with E-state index in [1.165, 1.54) is 5.06 Å². The summed E-state index contributed by atoms with van der Waals surface area (Å²) in [6.45, 7) is 0.809. The van der Waals surface area contributed by atoms with Crippen LogP contribution in [-0.2, 0) is 50.3 Å². The number of hydroxylamine groups is 2. The van der Waals surface area contributed by atoms with Gasteiger partial charge in [0.05, 0.1) is 33.0 Å². The van der Waals surface area contributed by atoms with Crippen molar-refractivity contribution in [1.82, 2.24) is 5.06 Å². The average molecular weight is 556 g/mol. The second kappa shape index (κ2) is 17.1. The van der Waals surface area contributed by atoms with Gasteiger partial charge in [0, 0.05) is 0 Å². The predicted molar refractivity (Wildman–Crippen MR) is 156 cm³/mol. The van der Waals surface area contributed by atoms with Crippen LogP contribution in [0.3, 0.4) is 0 Å². The van der Waals surface area contributed by atoms with Crippen molar-refractivity contribution in [2.24, 2.45) is 0 Å². The van der Waals surface area contributed by atoms with E-state index >= 15 is 0 Å². The molecule has 7 nitrogen and oxygen atoms in total. The maximum absolute atomic E-state index is 12.1. The summed E-state index contributed by atoms with van der Waals surface area (Å²) >= 11 is 0. The fourth-order valence-electron chi connectivity index (χ4n) is 4.31. The second-order valence-corrected chi connectivity index (χ2v) is 9.58. The summed E-state index contributed by atoms with van der Waals surface area (Å²) in [6.07, 6.45) is -1.51. The van der Waals surface area contributed by atoms with Gasteiger partial charge >= 0.3 is 0 Å². The van der Waals surface area contributed by atoms with Crippen molar-refractivity contribution in [1.29, 1.82) is 0 Å². The number of amides is 1. The van der Waals surface area contributed by atoms with E-state index in [2.05, 4.69) is 0 Å². The Kier molecular flexibility index (Phi) is 12.5. The lowest BCUT2D eigenvalue weighted by Gasteiger charge is -2.34. The first-order chi connectivity index (χ1) is 20.2. The second-order valence-electron chi connectivity index (χ2n) is 9.58. The Labute approximate surface area is 241 Å². The molecule has 214 valence electrons. The molecule has 4 rings (SSSR count). The van der Waals surface area contributed by atoms with Crippen LogP contribution in [-0.4, -0.2) is 48.0 Å². The van der Waals surface area contributed by atoms with E-state index in [1.54, 1.807) is 0 Å². The Morgan fingerprint density at radius 3 is 1.37 bits per heavy atom. The highest BCUT2D eigenvalue weighted by atomic mass is 16.7. The minimum absolute atomic E-state index is 0.0633. The van der Waals surface area contributed by atoms with Crippen LogP contribution in [0.2, 0.25) is 0 Å². The van der Waals surface area contributed by atoms with Crippen molar-refractivity contribution < 1.29 is 28.9 Å². The van der Waals surface area contributed by atoms with Gasteiger partial charge in [0.25, 0.3) is 0 Å². The largest absolute Gasteiger partial charge is 0.394 e. The molecule has 4 aromatic rings. The van der Waals surface area contributed by atoms with Gasteiger partial charge in [0.15, 0.2) is 0 Å². The highest BCUT2D eigenvalue weighted by Crippen LogP contribution is 2.20. The summed E-state index contributed by atoms with van der Waals surface area (Å²) in [5, 5.41) is 11.7. The summed E-state index contributed by atoms with van der Waals surface area (Å²) in [4.78, 5) is 18.0. The van der Waals surface area contributed by atoms with Gasteiger partial charge in [-0.25, -0.2) is 5.06 Å². The quantitative estimate of drug-likeness (QED) is 0.132. The molecule has 0 aromatic heterocycles. The first kappa shape index (κ1) is 30.1. The number of hydrogen-bond donors (Lipinski definition) is 1. The summed E-state index contributed by atoms with van der Waals surface area (Å²) in [6, 6.07) is 38.9. The molecule has 1 amide bonds. The van der Waals surface area contributed by atoms with Gasteiger partial charge in [-0.15, -0.1) is 0 Å². The zero-order valence-electron chi connectivity index (χ0n) is 23.0. The molecule has 0 heterocycles. The van der Waals surface area contributed by atoms with Crippen LogP contribution < -0.4 is 0 Å². The zero-order chi connectivity index (χ0) is 28.5. The SMILES string of the molecule is O=CN(C[C@H](OCc1ccccc1)[C@H](OCc1ccccc1)[C@@H](CO)OCc1ccccc1)OCc1ccccc1. The molecule has 1 N–H and O–H groups in total. The number of aliphatic hydroxyl groups excluding tert-OH is 1. The predicted octanol–water partition coefficient (Wildman–Crippen LogP) is 5.33. The van der Waals surface area contributed by atoms with E-state index in [4.69, 9.17) is 19.0 Å². The van der Waals surface area contributed by atoms with Gasteiger partial charge in [-0.05, 0) is 22.3 Å². The summed E-state index contributed by atoms with van der Waals surface area (Å²) in [5.41, 5.74) is 3.83. The maximum atomic E-state index is 12.1. The van der Waals surface area contributed by atoms with Crippen LogP contribution in [0.1, 0.15) is 22.3 Å². The minimum Gasteiger partial charge on any atom is -0.394 e. The van der Waals surface area contributed by atoms with Crippen molar-refractivity contribution >= 4 is 6.41 Å². The van der Waals surface area contributed by atoms with E-state index < -0.39 is 18.3 Å². The Balaban J connectivity index is 1.55. The molecular formula is C34H37NO6. The molecule has 0 aliphatic heterocycles. The molecule has 0 bridgehead atoms. The van der Waals surface area contributed by atoms with Crippen molar-refractivity contribution in [2.75, 3.05) is 13.2 Å². The Bertz CT molecular complexity index is 1240. The van der Waals surface area contributed by atoms with E-state index in [-0.39, 0.29) is 39.6 Å². The van der Waals surface area contributed by atoms with E-state index in [9.17, 15) is 9.90 Å². The van der Waals surface area contributed by atoms with Crippen LogP contribution in [0.15, 0.2) is 121 Å². The van der Waals surface area contributed by atoms with Gasteiger partial charge in [0.2, 0.25) is 6.41 Å². The molecule has 7 heteroatoms. The molecule has 0 radical (unpaired) electrons. The number of carbonyl (C=O) groups excluding carboxylic acids is 1. The lowest BCUT2D eigenvalue weighted by Crippen LogP contribution is -2.49. The topological polar surface area (TPSA) is 77.5 Å². The summed E-state index contributed by atoms with van der Waals surface area (Å²) < 4.78 is 19.0. The van der Waals surface area contributed by atoms with Crippen LogP contribution in [0.5, 0.6) is 0 Å². The third kappa shape index (κ3) is 10.2. The van der Waals surface area contributed by atoms with Crippen LogP contribution in [0.4, 0.5) is 0 Å². The molecule has 4 aromatic carbocycles. The van der Waals surface area contributed by atoms with Crippen LogP contribution in [0, 0.1) is 0 Å². The van der Waals surface area contributed by atoms with Crippen molar-refractivity contribution in [3.63, 3.8) is 0 Å². The molecule has 0 aliphatic rings. The van der Waals surface area contributed by atoms with E-state index in [0.717, 1.165) is 22.3 Å². The molecule has 41 heavy (non-hydrogen) atoms. The van der Waals surface area contributed by atoms with Gasteiger partial charge in [-0.1, -0.05) is 121 Å². The standard InChI is InChI=1S/C34H37NO6/c36-22-33(39-24-29-15-7-2-8-16-29)34(40-25-30-17-9-3-10-18-30)32(38-23-28-13-5-1-6-14-28)21-35(27-37)41-26-31-19-11-4-12-20-31/h1-20,27,32-34,36H,21-26H2/t32-,33+,34-/m0/s1. The maximum Gasteiger partial charge on any atom is 0.233 e. The normalized spacial score (nSPS) is 13.3. The molecule has 0 saturated carbocycles. The van der Waals surface area contributed by atoms with E-state index in [0.29, 0.717) is 6.41 Å². The molecule has 0 fully saturated rings. The zero-order valence-corrected chi connectivity index (χ0v) is 23.0. The smallest absolute Gasteiger partial charge is 0.233 e. The van der Waals surface area contributed by atoms with E-state index in [1.807, 2.05) is 121 Å².